The van der Waals surface area contributed by atoms with Crippen LogP contribution in [0.5, 0.6) is 0 Å². The normalized spacial score (nSPS) is 9.60. The molecule has 0 saturated carbocycles. The first-order valence-electron chi connectivity index (χ1n) is 8.69. The van der Waals surface area contributed by atoms with Crippen LogP contribution in [-0.2, 0) is 9.53 Å². The van der Waals surface area contributed by atoms with Crippen molar-refractivity contribution in [3.63, 3.8) is 0 Å². The number of carboxylic acid groups (broad SMARTS) is 1. The molecule has 0 aliphatic carbocycles. The number of anilines is 1. The Balaban J connectivity index is 0.000000462. The van der Waals surface area contributed by atoms with E-state index in [-0.39, 0.29) is 5.97 Å². The lowest BCUT2D eigenvalue weighted by atomic mass is 10.2. The van der Waals surface area contributed by atoms with E-state index in [4.69, 9.17) is 9.84 Å². The van der Waals surface area contributed by atoms with E-state index in [1.54, 1.807) is 24.3 Å². The van der Waals surface area contributed by atoms with Crippen LogP contribution < -0.4 is 4.90 Å². The highest BCUT2D eigenvalue weighted by Crippen LogP contribution is 2.11. The summed E-state index contributed by atoms with van der Waals surface area (Å²) < 4.78 is 5.00. The van der Waals surface area contributed by atoms with Crippen LogP contribution in [-0.4, -0.2) is 37.7 Å². The van der Waals surface area contributed by atoms with Gasteiger partial charge in [-0.1, -0.05) is 39.7 Å². The first kappa shape index (κ1) is 22.7. The van der Waals surface area contributed by atoms with Gasteiger partial charge in [-0.15, -0.1) is 0 Å². The number of rotatable bonds is 9. The summed E-state index contributed by atoms with van der Waals surface area (Å²) in [5.41, 5.74) is 1.89. The maximum absolute atomic E-state index is 11.1. The van der Waals surface area contributed by atoms with E-state index in [1.807, 2.05) is 25.9 Å². The monoisotopic (exact) mass is 349 g/mol. The third-order valence-electron chi connectivity index (χ3n) is 3.58. The molecule has 1 N–H and O–H groups in total. The van der Waals surface area contributed by atoms with E-state index in [2.05, 4.69) is 13.5 Å². The van der Waals surface area contributed by atoms with E-state index in [0.717, 1.165) is 18.5 Å². The summed E-state index contributed by atoms with van der Waals surface area (Å²) in [5.74, 6) is -1.13. The minimum atomic E-state index is -0.889. The van der Waals surface area contributed by atoms with Crippen molar-refractivity contribution in [3.8, 4) is 0 Å². The van der Waals surface area contributed by atoms with E-state index in [1.165, 1.54) is 12.8 Å². The zero-order chi connectivity index (χ0) is 19.2. The Bertz CT molecular complexity index is 535. The largest absolute Gasteiger partial charge is 0.478 e. The molecule has 5 heteroatoms. The second kappa shape index (κ2) is 13.0. The summed E-state index contributed by atoms with van der Waals surface area (Å²) >= 11 is 0. The summed E-state index contributed by atoms with van der Waals surface area (Å²) in [6.45, 7) is 8.21. The average molecular weight is 349 g/mol. The number of carboxylic acids is 1. The number of hydrogen-bond donors (Lipinski definition) is 1. The highest BCUT2D eigenvalue weighted by molar-refractivity contribution is 5.88. The number of benzene rings is 1. The lowest BCUT2D eigenvalue weighted by Crippen LogP contribution is -2.08. The van der Waals surface area contributed by atoms with Crippen molar-refractivity contribution in [1.82, 2.24) is 0 Å². The second-order valence-corrected chi connectivity index (χ2v) is 5.90. The number of carbonyl (C=O) groups is 2. The Kier molecular flexibility index (Phi) is 11.8. The molecule has 1 aromatic carbocycles. The van der Waals surface area contributed by atoms with E-state index in [0.29, 0.717) is 24.2 Å². The zero-order valence-electron chi connectivity index (χ0n) is 15.9. The summed E-state index contributed by atoms with van der Waals surface area (Å²) in [6, 6.07) is 6.75. The predicted octanol–water partition coefficient (Wildman–Crippen LogP) is 4.53. The van der Waals surface area contributed by atoms with Gasteiger partial charge >= 0.3 is 11.9 Å². The molecule has 140 valence electrons. The molecule has 0 spiro atoms. The first-order chi connectivity index (χ1) is 11.8. The molecule has 25 heavy (non-hydrogen) atoms. The Morgan fingerprint density at radius 1 is 1.08 bits per heavy atom. The number of ether oxygens (including phenoxy) is 1. The molecule has 5 nitrogen and oxygen atoms in total. The first-order valence-corrected chi connectivity index (χ1v) is 8.69. The van der Waals surface area contributed by atoms with Crippen molar-refractivity contribution in [2.75, 3.05) is 25.6 Å². The quantitative estimate of drug-likeness (QED) is 0.403. The number of carbonyl (C=O) groups excluding carboxylic acids is 1. The van der Waals surface area contributed by atoms with Gasteiger partial charge in [-0.25, -0.2) is 9.59 Å². The van der Waals surface area contributed by atoms with Gasteiger partial charge in [0.05, 0.1) is 12.2 Å². The lowest BCUT2D eigenvalue weighted by Gasteiger charge is -2.11. The maximum atomic E-state index is 11.1. The van der Waals surface area contributed by atoms with Crippen LogP contribution in [0.4, 0.5) is 5.69 Å². The molecular weight excluding hydrogens is 318 g/mol. The minimum Gasteiger partial charge on any atom is -0.478 e. The Morgan fingerprint density at radius 2 is 1.68 bits per heavy atom. The fourth-order valence-electron chi connectivity index (χ4n) is 1.84. The van der Waals surface area contributed by atoms with Gasteiger partial charge < -0.3 is 14.7 Å². The third kappa shape index (κ3) is 10.2. The molecule has 0 radical (unpaired) electrons. The molecule has 0 saturated heterocycles. The van der Waals surface area contributed by atoms with E-state index < -0.39 is 5.97 Å². The van der Waals surface area contributed by atoms with Crippen LogP contribution in [0.15, 0.2) is 36.4 Å². The maximum Gasteiger partial charge on any atom is 0.335 e. The summed E-state index contributed by atoms with van der Waals surface area (Å²) in [6.07, 6.45) is 5.20. The van der Waals surface area contributed by atoms with Crippen molar-refractivity contribution < 1.29 is 19.4 Å². The summed E-state index contributed by atoms with van der Waals surface area (Å²) in [5, 5.41) is 8.60. The van der Waals surface area contributed by atoms with Gasteiger partial charge in [0.1, 0.15) is 0 Å². The minimum absolute atomic E-state index is 0.237. The molecule has 0 bridgehead atoms. The zero-order valence-corrected chi connectivity index (χ0v) is 15.9. The molecule has 0 aromatic heterocycles. The molecular formula is C20H31NO4. The van der Waals surface area contributed by atoms with Crippen molar-refractivity contribution in [1.29, 1.82) is 0 Å². The molecule has 0 heterocycles. The molecule has 0 aliphatic heterocycles. The van der Waals surface area contributed by atoms with Crippen molar-refractivity contribution in [2.24, 2.45) is 0 Å². The lowest BCUT2D eigenvalue weighted by molar-refractivity contribution is -0.139. The third-order valence-corrected chi connectivity index (χ3v) is 3.58. The van der Waals surface area contributed by atoms with Crippen LogP contribution in [0, 0.1) is 0 Å². The number of unbranched alkanes of at least 4 members (excludes halogenated alkanes) is 3. The van der Waals surface area contributed by atoms with Crippen LogP contribution in [0.2, 0.25) is 0 Å². The Morgan fingerprint density at radius 3 is 2.12 bits per heavy atom. The molecule has 0 aliphatic rings. The fraction of sp³-hybridized carbons (Fsp3) is 0.500. The smallest absolute Gasteiger partial charge is 0.335 e. The van der Waals surface area contributed by atoms with Crippen molar-refractivity contribution in [2.45, 2.75) is 46.0 Å². The number of esters is 1. The number of nitrogens with zero attached hydrogens (tertiary/aromatic N) is 1. The predicted molar refractivity (Wildman–Crippen MR) is 102 cm³/mol. The van der Waals surface area contributed by atoms with Crippen LogP contribution in [0.1, 0.15) is 56.3 Å². The van der Waals surface area contributed by atoms with Crippen molar-refractivity contribution >= 4 is 17.6 Å². The van der Waals surface area contributed by atoms with Gasteiger partial charge in [-0.3, -0.25) is 0 Å². The Hall–Kier alpha value is -2.30. The van der Waals surface area contributed by atoms with Gasteiger partial charge in [-0.05, 0) is 37.1 Å². The average Bonchev–Trinajstić information content (AvgIpc) is 2.61. The SMILES string of the molecule is C=C(CC)C(=O)OCCCCCC.CN(C)c1ccc(C(=O)O)cc1. The molecule has 1 rings (SSSR count). The molecule has 0 atom stereocenters. The molecule has 0 unspecified atom stereocenters. The van der Waals surface area contributed by atoms with Crippen LogP contribution in [0.3, 0.4) is 0 Å². The molecule has 1 aromatic rings. The standard InChI is InChI=1S/C11H20O2.C9H11NO2/c1-4-6-7-8-9-13-11(12)10(3)5-2;1-10(2)8-5-3-7(4-6-8)9(11)12/h3-9H2,1-2H3;3-6H,1-2H3,(H,11,12). The van der Waals surface area contributed by atoms with Gasteiger partial charge in [0.2, 0.25) is 0 Å². The molecule has 0 fully saturated rings. The van der Waals surface area contributed by atoms with Gasteiger partial charge in [0.15, 0.2) is 0 Å². The van der Waals surface area contributed by atoms with Crippen LogP contribution >= 0.6 is 0 Å². The van der Waals surface area contributed by atoms with Crippen molar-refractivity contribution in [3.05, 3.63) is 42.0 Å². The molecule has 0 amide bonds. The highest BCUT2D eigenvalue weighted by Gasteiger charge is 2.04. The second-order valence-electron chi connectivity index (χ2n) is 5.90. The van der Waals surface area contributed by atoms with Gasteiger partial charge in [0, 0.05) is 25.4 Å². The Labute approximate surface area is 151 Å². The van der Waals surface area contributed by atoms with E-state index in [9.17, 15) is 9.59 Å². The highest BCUT2D eigenvalue weighted by atomic mass is 16.5. The number of hydrogen-bond acceptors (Lipinski definition) is 4. The van der Waals surface area contributed by atoms with Gasteiger partial charge in [0.25, 0.3) is 0 Å². The number of aromatic carboxylic acids is 1. The topological polar surface area (TPSA) is 66.8 Å². The van der Waals surface area contributed by atoms with E-state index >= 15 is 0 Å². The van der Waals surface area contributed by atoms with Gasteiger partial charge in [-0.2, -0.15) is 0 Å². The fourth-order valence-corrected chi connectivity index (χ4v) is 1.84. The summed E-state index contributed by atoms with van der Waals surface area (Å²) in [7, 11) is 3.82. The summed E-state index contributed by atoms with van der Waals surface area (Å²) in [4.78, 5) is 23.5. The van der Waals surface area contributed by atoms with Crippen LogP contribution in [0.25, 0.3) is 0 Å².